The molecule has 0 aliphatic carbocycles. The summed E-state index contributed by atoms with van der Waals surface area (Å²) >= 11 is 0. The van der Waals surface area contributed by atoms with Crippen LogP contribution in [-0.4, -0.2) is 11.8 Å². The third-order valence-corrected chi connectivity index (χ3v) is 4.20. The predicted octanol–water partition coefficient (Wildman–Crippen LogP) is 5.42. The van der Waals surface area contributed by atoms with Crippen LogP contribution in [0.5, 0.6) is 0 Å². The van der Waals surface area contributed by atoms with E-state index < -0.39 is 29.2 Å². The summed E-state index contributed by atoms with van der Waals surface area (Å²) in [7, 11) is 0. The molecule has 0 aliphatic rings. The van der Waals surface area contributed by atoms with Crippen molar-refractivity contribution >= 4 is 23.2 Å². The molecule has 1 heterocycles. The van der Waals surface area contributed by atoms with Crippen LogP contribution < -0.4 is 10.6 Å². The SMILES string of the molecule is Cc1ccc(C(=O)Nc2ccc(NC(=O)c3ccco3)cc2C(F)(F)F)c(C)c1. The number of rotatable bonds is 4. The minimum absolute atomic E-state index is 0.0363. The highest BCUT2D eigenvalue weighted by Gasteiger charge is 2.34. The molecule has 150 valence electrons. The van der Waals surface area contributed by atoms with Gasteiger partial charge in [0.15, 0.2) is 5.76 Å². The van der Waals surface area contributed by atoms with Crippen molar-refractivity contribution in [2.45, 2.75) is 20.0 Å². The summed E-state index contributed by atoms with van der Waals surface area (Å²) in [6.07, 6.45) is -3.46. The van der Waals surface area contributed by atoms with Crippen LogP contribution in [0, 0.1) is 13.8 Å². The highest BCUT2D eigenvalue weighted by molar-refractivity contribution is 6.06. The number of amides is 2. The lowest BCUT2D eigenvalue weighted by Gasteiger charge is -2.16. The Morgan fingerprint density at radius 2 is 1.69 bits per heavy atom. The standard InChI is InChI=1S/C21H17F3N2O3/c1-12-5-7-15(13(2)10-12)19(27)26-17-8-6-14(11-16(17)21(22,23)24)25-20(28)18-4-3-9-29-18/h3-11H,1-2H3,(H,25,28)(H,26,27). The molecule has 0 aliphatic heterocycles. The van der Waals surface area contributed by atoms with E-state index in [1.807, 2.05) is 6.92 Å². The van der Waals surface area contributed by atoms with Gasteiger partial charge in [0.25, 0.3) is 11.8 Å². The van der Waals surface area contributed by atoms with Gasteiger partial charge in [0.1, 0.15) is 0 Å². The first-order valence-corrected chi connectivity index (χ1v) is 8.60. The zero-order valence-corrected chi connectivity index (χ0v) is 15.6. The minimum Gasteiger partial charge on any atom is -0.459 e. The maximum Gasteiger partial charge on any atom is 0.418 e. The Balaban J connectivity index is 1.88. The first-order valence-electron chi connectivity index (χ1n) is 8.60. The average molecular weight is 402 g/mol. The third-order valence-electron chi connectivity index (χ3n) is 4.20. The minimum atomic E-state index is -4.74. The molecule has 0 atom stereocenters. The van der Waals surface area contributed by atoms with Crippen LogP contribution >= 0.6 is 0 Å². The van der Waals surface area contributed by atoms with Gasteiger partial charge in [-0.25, -0.2) is 0 Å². The second kappa shape index (κ2) is 7.83. The highest BCUT2D eigenvalue weighted by atomic mass is 19.4. The number of carbonyl (C=O) groups excluding carboxylic acids is 2. The Morgan fingerprint density at radius 3 is 2.31 bits per heavy atom. The molecule has 0 radical (unpaired) electrons. The Bertz CT molecular complexity index is 1060. The van der Waals surface area contributed by atoms with E-state index in [4.69, 9.17) is 4.42 Å². The van der Waals surface area contributed by atoms with Gasteiger partial charge in [-0.3, -0.25) is 9.59 Å². The molecule has 3 aromatic rings. The fourth-order valence-electron chi connectivity index (χ4n) is 2.82. The summed E-state index contributed by atoms with van der Waals surface area (Å²) in [5, 5.41) is 4.65. The van der Waals surface area contributed by atoms with Crippen molar-refractivity contribution in [2.75, 3.05) is 10.6 Å². The van der Waals surface area contributed by atoms with E-state index in [9.17, 15) is 22.8 Å². The normalized spacial score (nSPS) is 11.2. The fraction of sp³-hybridized carbons (Fsp3) is 0.143. The van der Waals surface area contributed by atoms with Crippen LogP contribution in [0.4, 0.5) is 24.5 Å². The van der Waals surface area contributed by atoms with Gasteiger partial charge in [-0.05, 0) is 55.8 Å². The van der Waals surface area contributed by atoms with Crippen LogP contribution in [0.1, 0.15) is 37.6 Å². The molecule has 2 N–H and O–H groups in total. The number of carbonyl (C=O) groups is 2. The molecule has 0 fully saturated rings. The van der Waals surface area contributed by atoms with Crippen molar-refractivity contribution in [2.24, 2.45) is 0 Å². The maximum absolute atomic E-state index is 13.5. The van der Waals surface area contributed by atoms with E-state index in [1.165, 1.54) is 24.5 Å². The lowest BCUT2D eigenvalue weighted by atomic mass is 10.0. The number of furan rings is 1. The van der Waals surface area contributed by atoms with Crippen LogP contribution in [0.2, 0.25) is 0 Å². The molecule has 1 aromatic heterocycles. The lowest BCUT2D eigenvalue weighted by Crippen LogP contribution is -2.18. The van der Waals surface area contributed by atoms with Crippen LogP contribution in [0.3, 0.4) is 0 Å². The molecule has 5 nitrogen and oxygen atoms in total. The van der Waals surface area contributed by atoms with E-state index >= 15 is 0 Å². The molecule has 0 unspecified atom stereocenters. The van der Waals surface area contributed by atoms with Gasteiger partial charge in [-0.2, -0.15) is 13.2 Å². The molecule has 2 aromatic carbocycles. The second-order valence-corrected chi connectivity index (χ2v) is 6.46. The van der Waals surface area contributed by atoms with E-state index in [-0.39, 0.29) is 17.0 Å². The Hall–Kier alpha value is -3.55. The Morgan fingerprint density at radius 1 is 0.931 bits per heavy atom. The zero-order valence-electron chi connectivity index (χ0n) is 15.6. The van der Waals surface area contributed by atoms with Crippen molar-refractivity contribution in [3.63, 3.8) is 0 Å². The monoisotopic (exact) mass is 402 g/mol. The van der Waals surface area contributed by atoms with Gasteiger partial charge in [-0.15, -0.1) is 0 Å². The molecule has 8 heteroatoms. The quantitative estimate of drug-likeness (QED) is 0.612. The van der Waals surface area contributed by atoms with E-state index in [0.717, 1.165) is 17.7 Å². The van der Waals surface area contributed by atoms with Gasteiger partial charge in [0, 0.05) is 11.3 Å². The van der Waals surface area contributed by atoms with Crippen molar-refractivity contribution in [1.29, 1.82) is 0 Å². The zero-order chi connectivity index (χ0) is 21.2. The fourth-order valence-corrected chi connectivity index (χ4v) is 2.82. The van der Waals surface area contributed by atoms with E-state index in [2.05, 4.69) is 10.6 Å². The average Bonchev–Trinajstić information content (AvgIpc) is 3.16. The molecule has 0 bridgehead atoms. The summed E-state index contributed by atoms with van der Waals surface area (Å²) in [6.45, 7) is 3.56. The number of hydrogen-bond acceptors (Lipinski definition) is 3. The second-order valence-electron chi connectivity index (χ2n) is 6.46. The summed E-state index contributed by atoms with van der Waals surface area (Å²) in [4.78, 5) is 24.5. The van der Waals surface area contributed by atoms with Gasteiger partial charge in [0.05, 0.1) is 17.5 Å². The van der Waals surface area contributed by atoms with Gasteiger partial charge >= 0.3 is 6.18 Å². The largest absolute Gasteiger partial charge is 0.459 e. The van der Waals surface area contributed by atoms with Crippen LogP contribution in [-0.2, 0) is 6.18 Å². The molecular formula is C21H17F3N2O3. The summed E-state index contributed by atoms with van der Waals surface area (Å²) in [6, 6.07) is 11.0. The first kappa shape index (κ1) is 20.2. The van der Waals surface area contributed by atoms with Crippen LogP contribution in [0.25, 0.3) is 0 Å². The van der Waals surface area contributed by atoms with Gasteiger partial charge < -0.3 is 15.1 Å². The number of benzene rings is 2. The molecule has 29 heavy (non-hydrogen) atoms. The predicted molar refractivity (Wildman–Crippen MR) is 102 cm³/mol. The molecule has 0 saturated carbocycles. The number of alkyl halides is 3. The number of anilines is 2. The Kier molecular flexibility index (Phi) is 5.45. The van der Waals surface area contributed by atoms with E-state index in [1.54, 1.807) is 25.1 Å². The van der Waals surface area contributed by atoms with Gasteiger partial charge in [-0.1, -0.05) is 17.7 Å². The van der Waals surface area contributed by atoms with Crippen LogP contribution in [0.15, 0.2) is 59.2 Å². The summed E-state index contributed by atoms with van der Waals surface area (Å²) in [5.74, 6) is -1.37. The van der Waals surface area contributed by atoms with Crippen molar-refractivity contribution in [3.8, 4) is 0 Å². The summed E-state index contributed by atoms with van der Waals surface area (Å²) in [5.41, 5.74) is 0.304. The Labute approximate surface area is 164 Å². The van der Waals surface area contributed by atoms with Crippen molar-refractivity contribution in [3.05, 3.63) is 82.8 Å². The number of aryl methyl sites for hydroxylation is 2. The molecule has 3 rings (SSSR count). The van der Waals surface area contributed by atoms with Crippen molar-refractivity contribution < 1.29 is 27.2 Å². The number of hydrogen-bond donors (Lipinski definition) is 2. The van der Waals surface area contributed by atoms with Crippen molar-refractivity contribution in [1.82, 2.24) is 0 Å². The molecule has 0 saturated heterocycles. The summed E-state index contributed by atoms with van der Waals surface area (Å²) < 4.78 is 45.5. The topological polar surface area (TPSA) is 71.3 Å². The highest BCUT2D eigenvalue weighted by Crippen LogP contribution is 2.37. The van der Waals surface area contributed by atoms with Gasteiger partial charge in [0.2, 0.25) is 0 Å². The smallest absolute Gasteiger partial charge is 0.418 e. The molecule has 2 amide bonds. The molecule has 0 spiro atoms. The maximum atomic E-state index is 13.5. The first-order chi connectivity index (χ1) is 13.6. The number of nitrogens with one attached hydrogen (secondary N) is 2. The number of halogens is 3. The third kappa shape index (κ3) is 4.66. The molecular weight excluding hydrogens is 385 g/mol. The lowest BCUT2D eigenvalue weighted by molar-refractivity contribution is -0.136. The van der Waals surface area contributed by atoms with E-state index in [0.29, 0.717) is 5.56 Å².